The summed E-state index contributed by atoms with van der Waals surface area (Å²) in [6.45, 7) is 3.06. The van der Waals surface area contributed by atoms with E-state index in [1.165, 1.54) is 18.5 Å². The van der Waals surface area contributed by atoms with Crippen LogP contribution >= 0.6 is 23.2 Å². The van der Waals surface area contributed by atoms with Crippen molar-refractivity contribution in [3.8, 4) is 5.75 Å². The van der Waals surface area contributed by atoms with Gasteiger partial charge in [-0.15, -0.1) is 0 Å². The van der Waals surface area contributed by atoms with E-state index in [4.69, 9.17) is 39.4 Å². The average Bonchev–Trinajstić information content (AvgIpc) is 3.05. The number of amides is 3. The number of nitrogens with two attached hydrogens (primary N) is 2. The topological polar surface area (TPSA) is 149 Å². The maximum Gasteiger partial charge on any atom is 0.249 e. The molecular formula is C34H35Cl2N5O4. The highest BCUT2D eigenvalue weighted by molar-refractivity contribution is 6.42. The van der Waals surface area contributed by atoms with Crippen LogP contribution in [0, 0.1) is 0 Å². The van der Waals surface area contributed by atoms with Gasteiger partial charge in [0.25, 0.3) is 0 Å². The molecule has 0 radical (unpaired) electrons. The van der Waals surface area contributed by atoms with Crippen molar-refractivity contribution in [1.29, 1.82) is 0 Å². The lowest BCUT2D eigenvalue weighted by atomic mass is 9.88. The number of halogens is 2. The Kier molecular flexibility index (Phi) is 11.9. The predicted molar refractivity (Wildman–Crippen MR) is 175 cm³/mol. The van der Waals surface area contributed by atoms with Gasteiger partial charge in [0.1, 0.15) is 11.8 Å². The van der Waals surface area contributed by atoms with Crippen molar-refractivity contribution in [2.24, 2.45) is 11.5 Å². The molecule has 11 heteroatoms. The molecule has 0 unspecified atom stereocenters. The Morgan fingerprint density at radius 3 is 2.16 bits per heavy atom. The van der Waals surface area contributed by atoms with E-state index >= 15 is 0 Å². The number of rotatable bonds is 14. The molecule has 0 aliphatic rings. The third kappa shape index (κ3) is 9.28. The Morgan fingerprint density at radius 1 is 0.844 bits per heavy atom. The molecule has 2 atom stereocenters. The summed E-state index contributed by atoms with van der Waals surface area (Å²) in [6, 6.07) is 20.4. The number of pyridine rings is 1. The van der Waals surface area contributed by atoms with Crippen LogP contribution in [0.4, 0.5) is 0 Å². The lowest BCUT2D eigenvalue weighted by Gasteiger charge is -2.24. The molecule has 1 heterocycles. The van der Waals surface area contributed by atoms with Crippen molar-refractivity contribution >= 4 is 40.9 Å². The van der Waals surface area contributed by atoms with Crippen LogP contribution in [0.15, 0.2) is 85.2 Å². The van der Waals surface area contributed by atoms with Crippen LogP contribution < -0.4 is 26.8 Å². The van der Waals surface area contributed by atoms with Gasteiger partial charge in [-0.05, 0) is 71.5 Å². The zero-order chi connectivity index (χ0) is 32.3. The van der Waals surface area contributed by atoms with E-state index in [1.807, 2.05) is 55.5 Å². The van der Waals surface area contributed by atoms with Crippen molar-refractivity contribution in [3.05, 3.63) is 129 Å². The zero-order valence-corrected chi connectivity index (χ0v) is 26.3. The van der Waals surface area contributed by atoms with Crippen LogP contribution in [-0.2, 0) is 35.5 Å². The normalized spacial score (nSPS) is 12.2. The van der Waals surface area contributed by atoms with Gasteiger partial charge in [0, 0.05) is 37.5 Å². The molecule has 234 valence electrons. The number of aromatic nitrogens is 1. The molecule has 1 aromatic heterocycles. The van der Waals surface area contributed by atoms with Crippen LogP contribution in [0.5, 0.6) is 5.75 Å². The third-order valence-corrected chi connectivity index (χ3v) is 8.00. The first kappa shape index (κ1) is 33.5. The SMILES string of the molecule is CCOc1ccc(C[C@@H](C(=O)N[C@@H](Cc2ccc(Cl)c(Cl)c2)C(=O)NCc2ccc(CN)cc2)c2cnccc2C(N)=O)cc1. The van der Waals surface area contributed by atoms with E-state index in [-0.39, 0.29) is 24.9 Å². The van der Waals surface area contributed by atoms with Crippen molar-refractivity contribution in [1.82, 2.24) is 15.6 Å². The van der Waals surface area contributed by atoms with Crippen molar-refractivity contribution in [2.45, 2.75) is 44.8 Å². The molecule has 6 N–H and O–H groups in total. The number of carbonyl (C=O) groups excluding carboxylic acids is 3. The monoisotopic (exact) mass is 647 g/mol. The molecule has 3 aromatic carbocycles. The van der Waals surface area contributed by atoms with Gasteiger partial charge < -0.3 is 26.8 Å². The van der Waals surface area contributed by atoms with Gasteiger partial charge in [0.05, 0.1) is 22.6 Å². The van der Waals surface area contributed by atoms with Gasteiger partial charge >= 0.3 is 0 Å². The fraction of sp³-hybridized carbons (Fsp3) is 0.235. The fourth-order valence-corrected chi connectivity index (χ4v) is 5.19. The molecule has 0 aliphatic heterocycles. The summed E-state index contributed by atoms with van der Waals surface area (Å²) in [5, 5.41) is 6.54. The van der Waals surface area contributed by atoms with Gasteiger partial charge in [-0.1, -0.05) is 65.7 Å². The minimum Gasteiger partial charge on any atom is -0.494 e. The first-order valence-corrected chi connectivity index (χ1v) is 15.2. The molecule has 0 spiro atoms. The summed E-state index contributed by atoms with van der Waals surface area (Å²) in [5.74, 6) is -1.78. The highest BCUT2D eigenvalue weighted by Gasteiger charge is 2.30. The maximum atomic E-state index is 14.1. The Labute approximate surface area is 272 Å². The zero-order valence-electron chi connectivity index (χ0n) is 24.8. The van der Waals surface area contributed by atoms with E-state index in [9.17, 15) is 14.4 Å². The van der Waals surface area contributed by atoms with E-state index in [0.29, 0.717) is 40.1 Å². The van der Waals surface area contributed by atoms with Crippen LogP contribution in [0.3, 0.4) is 0 Å². The second-order valence-corrected chi connectivity index (χ2v) is 11.2. The molecular weight excluding hydrogens is 613 g/mol. The number of carbonyl (C=O) groups is 3. The van der Waals surface area contributed by atoms with E-state index in [1.54, 1.807) is 18.2 Å². The molecule has 0 aliphatic carbocycles. The van der Waals surface area contributed by atoms with Crippen LogP contribution in [0.25, 0.3) is 0 Å². The molecule has 4 aromatic rings. The largest absolute Gasteiger partial charge is 0.494 e. The molecule has 4 rings (SSSR count). The van der Waals surface area contributed by atoms with Crippen molar-refractivity contribution in [3.63, 3.8) is 0 Å². The first-order chi connectivity index (χ1) is 21.7. The summed E-state index contributed by atoms with van der Waals surface area (Å²) in [4.78, 5) is 44.3. The van der Waals surface area contributed by atoms with Crippen LogP contribution in [0.1, 0.15) is 51.0 Å². The van der Waals surface area contributed by atoms with Gasteiger partial charge in [-0.3, -0.25) is 19.4 Å². The molecule has 0 fully saturated rings. The number of hydrogen-bond acceptors (Lipinski definition) is 6. The summed E-state index contributed by atoms with van der Waals surface area (Å²) in [5.41, 5.74) is 15.2. The molecule has 0 bridgehead atoms. The number of nitrogens with one attached hydrogen (secondary N) is 2. The summed E-state index contributed by atoms with van der Waals surface area (Å²) in [7, 11) is 0. The second kappa shape index (κ2) is 16.0. The Morgan fingerprint density at radius 2 is 1.51 bits per heavy atom. The molecule has 0 saturated carbocycles. The van der Waals surface area contributed by atoms with Gasteiger partial charge in [0.2, 0.25) is 17.7 Å². The predicted octanol–water partition coefficient (Wildman–Crippen LogP) is 4.71. The molecule has 45 heavy (non-hydrogen) atoms. The highest BCUT2D eigenvalue weighted by Crippen LogP contribution is 2.27. The minimum absolute atomic E-state index is 0.131. The average molecular weight is 649 g/mol. The van der Waals surface area contributed by atoms with Crippen LogP contribution in [0.2, 0.25) is 10.0 Å². The third-order valence-electron chi connectivity index (χ3n) is 7.27. The second-order valence-electron chi connectivity index (χ2n) is 10.4. The van der Waals surface area contributed by atoms with Crippen LogP contribution in [-0.4, -0.2) is 35.4 Å². The molecule has 9 nitrogen and oxygen atoms in total. The molecule has 0 saturated heterocycles. The lowest BCUT2D eigenvalue weighted by molar-refractivity contribution is -0.129. The van der Waals surface area contributed by atoms with E-state index < -0.39 is 29.7 Å². The summed E-state index contributed by atoms with van der Waals surface area (Å²) in [6.07, 6.45) is 3.23. The number of primary amides is 1. The number of benzene rings is 3. The first-order valence-electron chi connectivity index (χ1n) is 14.4. The summed E-state index contributed by atoms with van der Waals surface area (Å²) < 4.78 is 5.55. The Hall–Kier alpha value is -4.44. The fourth-order valence-electron chi connectivity index (χ4n) is 4.87. The minimum atomic E-state index is -0.991. The standard InChI is InChI=1S/C34H35Cl2N5O4/c1-2-45-25-10-7-21(8-11-25)15-27(28-20-39-14-13-26(28)32(38)42)33(43)41-31(17-24-9-12-29(35)30(36)16-24)34(44)40-19-23-5-3-22(18-37)4-6-23/h3-14,16,20,27,31H,2,15,17-19,37H2,1H3,(H2,38,42)(H,40,44)(H,41,43)/t27-,31+/m1/s1. The van der Waals surface area contributed by atoms with E-state index in [2.05, 4.69) is 15.6 Å². The van der Waals surface area contributed by atoms with Gasteiger partial charge in [-0.25, -0.2) is 0 Å². The van der Waals surface area contributed by atoms with E-state index in [0.717, 1.165) is 16.7 Å². The Bertz CT molecular complexity index is 1630. The van der Waals surface area contributed by atoms with Crippen molar-refractivity contribution < 1.29 is 19.1 Å². The number of hydrogen-bond donors (Lipinski definition) is 4. The highest BCUT2D eigenvalue weighted by atomic mass is 35.5. The lowest BCUT2D eigenvalue weighted by Crippen LogP contribution is -2.49. The number of ether oxygens (including phenoxy) is 1. The molecule has 3 amide bonds. The Balaban J connectivity index is 1.63. The van der Waals surface area contributed by atoms with Gasteiger partial charge in [-0.2, -0.15) is 0 Å². The van der Waals surface area contributed by atoms with Gasteiger partial charge in [0.15, 0.2) is 0 Å². The quantitative estimate of drug-likeness (QED) is 0.156. The maximum absolute atomic E-state index is 14.1. The van der Waals surface area contributed by atoms with Crippen molar-refractivity contribution in [2.75, 3.05) is 6.61 Å². The summed E-state index contributed by atoms with van der Waals surface area (Å²) >= 11 is 12.4. The smallest absolute Gasteiger partial charge is 0.249 e. The number of nitrogens with zero attached hydrogens (tertiary/aromatic N) is 1.